The van der Waals surface area contributed by atoms with Crippen LogP contribution in [0.3, 0.4) is 0 Å². The van der Waals surface area contributed by atoms with Gasteiger partial charge in [-0.1, -0.05) is 28.1 Å². The average molecular weight is 352 g/mol. The summed E-state index contributed by atoms with van der Waals surface area (Å²) in [6, 6.07) is 16.0. The zero-order valence-corrected chi connectivity index (χ0v) is 13.0. The van der Waals surface area contributed by atoms with Crippen LogP contribution in [0.15, 0.2) is 59.2 Å². The Balaban J connectivity index is 1.98. The van der Waals surface area contributed by atoms with Gasteiger partial charge in [-0.3, -0.25) is 9.78 Å². The predicted octanol–water partition coefficient (Wildman–Crippen LogP) is 4.12. The molecule has 3 aromatic rings. The fourth-order valence-corrected chi connectivity index (χ4v) is 2.62. The molecule has 0 saturated heterocycles. The van der Waals surface area contributed by atoms with E-state index in [9.17, 15) is 4.79 Å². The molecule has 0 spiro atoms. The summed E-state index contributed by atoms with van der Waals surface area (Å²) in [6.45, 7) is 0. The lowest BCUT2D eigenvalue weighted by Gasteiger charge is -2.09. The SMILES string of the molecule is N#Cc1cccc(C(=O)Nc2ccc(Br)c3cccnc23)c1. The maximum Gasteiger partial charge on any atom is 0.255 e. The molecule has 3 rings (SSSR count). The Labute approximate surface area is 135 Å². The molecule has 0 fully saturated rings. The standard InChI is InChI=1S/C17H10BrN3O/c18-14-6-7-15(16-13(14)5-2-8-20-16)21-17(22)12-4-1-3-11(9-12)10-19/h1-9H,(H,21,22). The molecule has 1 aromatic heterocycles. The Bertz CT molecular complexity index is 915. The smallest absolute Gasteiger partial charge is 0.255 e. The molecule has 0 aliphatic carbocycles. The molecule has 1 N–H and O–H groups in total. The number of amides is 1. The minimum atomic E-state index is -0.272. The Morgan fingerprint density at radius 3 is 2.86 bits per heavy atom. The Kier molecular flexibility index (Phi) is 3.86. The molecule has 0 radical (unpaired) electrons. The lowest BCUT2D eigenvalue weighted by Crippen LogP contribution is -2.12. The van der Waals surface area contributed by atoms with Gasteiger partial charge in [-0.15, -0.1) is 0 Å². The summed E-state index contributed by atoms with van der Waals surface area (Å²) in [5.41, 5.74) is 2.23. The number of nitriles is 1. The second-order valence-electron chi connectivity index (χ2n) is 4.64. The number of pyridine rings is 1. The number of carbonyl (C=O) groups excluding carboxylic acids is 1. The van der Waals surface area contributed by atoms with Gasteiger partial charge in [-0.05, 0) is 36.4 Å². The quantitative estimate of drug-likeness (QED) is 0.754. The molecule has 0 aliphatic rings. The van der Waals surface area contributed by atoms with Gasteiger partial charge in [0.25, 0.3) is 5.91 Å². The molecular weight excluding hydrogens is 342 g/mol. The normalized spacial score (nSPS) is 10.2. The zero-order valence-electron chi connectivity index (χ0n) is 11.4. The van der Waals surface area contributed by atoms with Crippen molar-refractivity contribution >= 4 is 38.4 Å². The van der Waals surface area contributed by atoms with Crippen molar-refractivity contribution in [3.63, 3.8) is 0 Å². The van der Waals surface area contributed by atoms with Crippen LogP contribution in [-0.4, -0.2) is 10.9 Å². The van der Waals surface area contributed by atoms with Gasteiger partial charge in [0, 0.05) is 21.6 Å². The highest BCUT2D eigenvalue weighted by atomic mass is 79.9. The van der Waals surface area contributed by atoms with Crippen LogP contribution >= 0.6 is 15.9 Å². The van der Waals surface area contributed by atoms with Gasteiger partial charge in [-0.25, -0.2) is 0 Å². The largest absolute Gasteiger partial charge is 0.320 e. The van der Waals surface area contributed by atoms with Crippen LogP contribution in [0, 0.1) is 11.3 Å². The van der Waals surface area contributed by atoms with Crippen LogP contribution in [0.25, 0.3) is 10.9 Å². The molecule has 0 unspecified atom stereocenters. The molecule has 2 aromatic carbocycles. The van der Waals surface area contributed by atoms with Gasteiger partial charge in [0.15, 0.2) is 0 Å². The zero-order chi connectivity index (χ0) is 15.5. The first kappa shape index (κ1) is 14.2. The van der Waals surface area contributed by atoms with Crippen LogP contribution in [0.5, 0.6) is 0 Å². The number of nitrogens with zero attached hydrogens (tertiary/aromatic N) is 2. The van der Waals surface area contributed by atoms with Crippen molar-refractivity contribution in [1.82, 2.24) is 4.98 Å². The third-order valence-electron chi connectivity index (χ3n) is 3.22. The molecule has 0 bridgehead atoms. The molecule has 0 aliphatic heterocycles. The van der Waals surface area contributed by atoms with Crippen molar-refractivity contribution in [2.45, 2.75) is 0 Å². The van der Waals surface area contributed by atoms with E-state index in [1.165, 1.54) is 0 Å². The van der Waals surface area contributed by atoms with Gasteiger partial charge < -0.3 is 5.32 Å². The van der Waals surface area contributed by atoms with Crippen molar-refractivity contribution < 1.29 is 4.79 Å². The fourth-order valence-electron chi connectivity index (χ4n) is 2.16. The highest BCUT2D eigenvalue weighted by Gasteiger charge is 2.11. The third-order valence-corrected chi connectivity index (χ3v) is 3.91. The van der Waals surface area contributed by atoms with Gasteiger partial charge in [0.2, 0.25) is 0 Å². The number of aromatic nitrogens is 1. The number of fused-ring (bicyclic) bond motifs is 1. The van der Waals surface area contributed by atoms with Crippen LogP contribution in [0.2, 0.25) is 0 Å². The summed E-state index contributed by atoms with van der Waals surface area (Å²) in [5, 5.41) is 12.7. The summed E-state index contributed by atoms with van der Waals surface area (Å²) in [5.74, 6) is -0.272. The molecule has 106 valence electrons. The number of halogens is 1. The molecule has 1 heterocycles. The van der Waals surface area contributed by atoms with Crippen LogP contribution in [0.1, 0.15) is 15.9 Å². The van der Waals surface area contributed by atoms with E-state index in [1.807, 2.05) is 24.3 Å². The van der Waals surface area contributed by atoms with E-state index in [1.54, 1.807) is 36.5 Å². The van der Waals surface area contributed by atoms with E-state index in [-0.39, 0.29) is 5.91 Å². The monoisotopic (exact) mass is 351 g/mol. The summed E-state index contributed by atoms with van der Waals surface area (Å²) in [4.78, 5) is 16.7. The van der Waals surface area contributed by atoms with E-state index < -0.39 is 0 Å². The minimum Gasteiger partial charge on any atom is -0.320 e. The van der Waals surface area contributed by atoms with Crippen molar-refractivity contribution in [3.05, 3.63) is 70.3 Å². The number of rotatable bonds is 2. The Morgan fingerprint density at radius 1 is 1.18 bits per heavy atom. The lowest BCUT2D eigenvalue weighted by atomic mass is 10.1. The number of anilines is 1. The van der Waals surface area contributed by atoms with E-state index in [4.69, 9.17) is 5.26 Å². The van der Waals surface area contributed by atoms with Crippen molar-refractivity contribution in [2.24, 2.45) is 0 Å². The first-order valence-corrected chi connectivity index (χ1v) is 7.33. The van der Waals surface area contributed by atoms with Gasteiger partial charge >= 0.3 is 0 Å². The molecule has 22 heavy (non-hydrogen) atoms. The molecule has 5 heteroatoms. The Morgan fingerprint density at radius 2 is 2.05 bits per heavy atom. The summed E-state index contributed by atoms with van der Waals surface area (Å²) < 4.78 is 0.917. The highest BCUT2D eigenvalue weighted by molar-refractivity contribution is 9.10. The van der Waals surface area contributed by atoms with E-state index in [0.29, 0.717) is 22.3 Å². The molecule has 1 amide bonds. The third kappa shape index (κ3) is 2.69. The van der Waals surface area contributed by atoms with Gasteiger partial charge in [0.05, 0.1) is 22.8 Å². The average Bonchev–Trinajstić information content (AvgIpc) is 2.57. The second kappa shape index (κ2) is 5.96. The predicted molar refractivity (Wildman–Crippen MR) is 88.6 cm³/mol. The topological polar surface area (TPSA) is 65.8 Å². The first-order valence-electron chi connectivity index (χ1n) is 6.54. The minimum absolute atomic E-state index is 0.272. The fraction of sp³-hybridized carbons (Fsp3) is 0. The number of carbonyl (C=O) groups is 1. The maximum atomic E-state index is 12.4. The summed E-state index contributed by atoms with van der Waals surface area (Å²) >= 11 is 3.47. The van der Waals surface area contributed by atoms with Gasteiger partial charge in [-0.2, -0.15) is 5.26 Å². The van der Waals surface area contributed by atoms with Crippen molar-refractivity contribution in [2.75, 3.05) is 5.32 Å². The van der Waals surface area contributed by atoms with E-state index in [2.05, 4.69) is 26.2 Å². The number of hydrogen-bond acceptors (Lipinski definition) is 3. The van der Waals surface area contributed by atoms with Crippen molar-refractivity contribution in [1.29, 1.82) is 5.26 Å². The van der Waals surface area contributed by atoms with E-state index >= 15 is 0 Å². The van der Waals surface area contributed by atoms with E-state index in [0.717, 1.165) is 9.86 Å². The second-order valence-corrected chi connectivity index (χ2v) is 5.50. The van der Waals surface area contributed by atoms with Crippen molar-refractivity contribution in [3.8, 4) is 6.07 Å². The molecular formula is C17H10BrN3O. The Hall–Kier alpha value is -2.71. The summed E-state index contributed by atoms with van der Waals surface area (Å²) in [6.07, 6.45) is 1.68. The highest BCUT2D eigenvalue weighted by Crippen LogP contribution is 2.28. The lowest BCUT2D eigenvalue weighted by molar-refractivity contribution is 0.102. The van der Waals surface area contributed by atoms with Crippen LogP contribution in [-0.2, 0) is 0 Å². The summed E-state index contributed by atoms with van der Waals surface area (Å²) in [7, 11) is 0. The van der Waals surface area contributed by atoms with Crippen LogP contribution < -0.4 is 5.32 Å². The molecule has 4 nitrogen and oxygen atoms in total. The molecule has 0 atom stereocenters. The number of hydrogen-bond donors (Lipinski definition) is 1. The number of nitrogens with one attached hydrogen (secondary N) is 1. The molecule has 0 saturated carbocycles. The van der Waals surface area contributed by atoms with Crippen LogP contribution in [0.4, 0.5) is 5.69 Å². The first-order chi connectivity index (χ1) is 10.7. The maximum absolute atomic E-state index is 12.4. The number of benzene rings is 2. The van der Waals surface area contributed by atoms with Gasteiger partial charge in [0.1, 0.15) is 0 Å².